The number of hydrogen-bond acceptors (Lipinski definition) is 4. The Balaban J connectivity index is 2.87. The summed E-state index contributed by atoms with van der Waals surface area (Å²) in [6, 6.07) is 4.80. The highest BCUT2D eigenvalue weighted by atomic mass is 16.3. The Kier molecular flexibility index (Phi) is 12.4. The third kappa shape index (κ3) is 8.45. The van der Waals surface area contributed by atoms with Crippen molar-refractivity contribution in [3.05, 3.63) is 23.3 Å². The topological polar surface area (TPSA) is 46.9 Å². The van der Waals surface area contributed by atoms with E-state index in [0.717, 1.165) is 75.8 Å². The fourth-order valence-corrected chi connectivity index (χ4v) is 5.67. The third-order valence-corrected chi connectivity index (χ3v) is 8.29. The van der Waals surface area contributed by atoms with E-state index >= 15 is 0 Å². The van der Waals surface area contributed by atoms with E-state index in [4.69, 9.17) is 0 Å². The highest BCUT2D eigenvalue weighted by Gasteiger charge is 2.30. The maximum atomic E-state index is 11.0. The Bertz CT molecular complexity index is 659. The first-order chi connectivity index (χ1) is 15.8. The molecule has 2 unspecified atom stereocenters. The second kappa shape index (κ2) is 13.7. The highest BCUT2D eigenvalue weighted by molar-refractivity contribution is 5.50. The van der Waals surface area contributed by atoms with E-state index in [1.165, 1.54) is 0 Å². The van der Waals surface area contributed by atoms with Gasteiger partial charge in [0.15, 0.2) is 0 Å². The van der Waals surface area contributed by atoms with E-state index < -0.39 is 0 Å². The van der Waals surface area contributed by atoms with Crippen LogP contribution in [-0.2, 0) is 10.8 Å². The normalized spacial score (nSPS) is 14.7. The molecule has 1 aromatic carbocycles. The predicted octanol–water partition coefficient (Wildman–Crippen LogP) is 7.45. The number of aromatic hydroxyl groups is 2. The van der Waals surface area contributed by atoms with Crippen molar-refractivity contribution in [1.29, 1.82) is 0 Å². The molecule has 198 valence electrons. The van der Waals surface area contributed by atoms with Crippen LogP contribution in [-0.4, -0.2) is 58.3 Å². The first-order valence-corrected chi connectivity index (χ1v) is 13.9. The average Bonchev–Trinajstić information content (AvgIpc) is 2.76. The molecule has 0 spiro atoms. The average molecular weight is 477 g/mol. The summed E-state index contributed by atoms with van der Waals surface area (Å²) >= 11 is 0. The van der Waals surface area contributed by atoms with Gasteiger partial charge >= 0.3 is 0 Å². The lowest BCUT2D eigenvalue weighted by atomic mass is 9.75. The number of phenolic OH excluding ortho intramolecular Hbond substituents is 2. The van der Waals surface area contributed by atoms with Gasteiger partial charge in [0.25, 0.3) is 0 Å². The van der Waals surface area contributed by atoms with Crippen LogP contribution in [0.4, 0.5) is 0 Å². The van der Waals surface area contributed by atoms with Crippen molar-refractivity contribution in [1.82, 2.24) is 9.80 Å². The van der Waals surface area contributed by atoms with Gasteiger partial charge in [0.2, 0.25) is 0 Å². The predicted molar refractivity (Wildman–Crippen MR) is 148 cm³/mol. The van der Waals surface area contributed by atoms with Gasteiger partial charge in [-0.3, -0.25) is 0 Å². The molecule has 0 fully saturated rings. The Labute approximate surface area is 211 Å². The van der Waals surface area contributed by atoms with Gasteiger partial charge in [-0.15, -0.1) is 0 Å². The summed E-state index contributed by atoms with van der Waals surface area (Å²) in [5, 5.41) is 22.0. The summed E-state index contributed by atoms with van der Waals surface area (Å²) in [7, 11) is 0. The second-order valence-electron chi connectivity index (χ2n) is 11.6. The summed E-state index contributed by atoms with van der Waals surface area (Å²) < 4.78 is 0. The summed E-state index contributed by atoms with van der Waals surface area (Å²) in [6.45, 7) is 26.6. The van der Waals surface area contributed by atoms with Crippen LogP contribution in [0.15, 0.2) is 12.1 Å². The number of rotatable bonds is 16. The number of benzene rings is 1. The molecule has 0 amide bonds. The fraction of sp³-hybridized carbons (Fsp3) is 0.800. The lowest BCUT2D eigenvalue weighted by molar-refractivity contribution is 0.213. The van der Waals surface area contributed by atoms with Crippen molar-refractivity contribution in [2.45, 2.75) is 131 Å². The minimum absolute atomic E-state index is 0.188. The van der Waals surface area contributed by atoms with Crippen molar-refractivity contribution in [2.75, 3.05) is 26.2 Å². The van der Waals surface area contributed by atoms with Gasteiger partial charge in [0.05, 0.1) is 0 Å². The Morgan fingerprint density at radius 2 is 0.941 bits per heavy atom. The van der Waals surface area contributed by atoms with Gasteiger partial charge in [-0.2, -0.15) is 0 Å². The largest absolute Gasteiger partial charge is 0.508 e. The van der Waals surface area contributed by atoms with Gasteiger partial charge in [-0.25, -0.2) is 0 Å². The molecule has 34 heavy (non-hydrogen) atoms. The number of hydrogen-bond donors (Lipinski definition) is 2. The van der Waals surface area contributed by atoms with Crippen LogP contribution in [0.3, 0.4) is 0 Å². The zero-order valence-corrected chi connectivity index (χ0v) is 24.2. The number of phenols is 2. The van der Waals surface area contributed by atoms with Crippen molar-refractivity contribution < 1.29 is 10.2 Å². The van der Waals surface area contributed by atoms with Crippen LogP contribution in [0.2, 0.25) is 0 Å². The van der Waals surface area contributed by atoms with E-state index in [-0.39, 0.29) is 10.8 Å². The van der Waals surface area contributed by atoms with Crippen molar-refractivity contribution in [3.63, 3.8) is 0 Å². The maximum absolute atomic E-state index is 11.0. The zero-order chi connectivity index (χ0) is 26.1. The van der Waals surface area contributed by atoms with Gasteiger partial charge in [0, 0.05) is 23.2 Å². The lowest BCUT2D eigenvalue weighted by Gasteiger charge is -2.32. The smallest absolute Gasteiger partial charge is 0.119 e. The second-order valence-corrected chi connectivity index (χ2v) is 11.6. The molecule has 4 nitrogen and oxygen atoms in total. The molecule has 1 aromatic rings. The molecule has 2 N–H and O–H groups in total. The standard InChI is InChI=1S/C30H56N2O2/c1-11-31(12-2)23(5)17-15-19-29(7,8)25-21-28(34)26(22-27(25)33)30(9,10)20-16-18-24(6)32(13-3)14-4/h21-24,33-34H,11-20H2,1-10H3. The quantitative estimate of drug-likeness (QED) is 0.243. The molecule has 0 heterocycles. The van der Waals surface area contributed by atoms with Gasteiger partial charge in [0.1, 0.15) is 11.5 Å². The Morgan fingerprint density at radius 3 is 1.21 bits per heavy atom. The SMILES string of the molecule is CCN(CC)C(C)CCCC(C)(C)c1cc(O)c(C(C)(C)CCCC(C)N(CC)CC)cc1O. The number of nitrogens with zero attached hydrogens (tertiary/aromatic N) is 2. The molecule has 4 heteroatoms. The first kappa shape index (κ1) is 30.8. The van der Waals surface area contributed by atoms with Crippen LogP contribution >= 0.6 is 0 Å². The molecule has 0 bridgehead atoms. The van der Waals surface area contributed by atoms with E-state index in [2.05, 4.69) is 79.0 Å². The molecule has 0 saturated carbocycles. The molecular weight excluding hydrogens is 420 g/mol. The highest BCUT2D eigenvalue weighted by Crippen LogP contribution is 2.43. The van der Waals surface area contributed by atoms with Crippen LogP contribution in [0.1, 0.15) is 119 Å². The molecule has 0 radical (unpaired) electrons. The van der Waals surface area contributed by atoms with Crippen LogP contribution in [0, 0.1) is 0 Å². The van der Waals surface area contributed by atoms with Crippen molar-refractivity contribution in [2.24, 2.45) is 0 Å². The lowest BCUT2D eigenvalue weighted by Crippen LogP contribution is -2.33. The van der Waals surface area contributed by atoms with Gasteiger partial charge < -0.3 is 20.0 Å². The zero-order valence-electron chi connectivity index (χ0n) is 24.2. The maximum Gasteiger partial charge on any atom is 0.119 e. The molecule has 0 aliphatic heterocycles. The van der Waals surface area contributed by atoms with Crippen LogP contribution in [0.25, 0.3) is 0 Å². The molecule has 0 aliphatic carbocycles. The molecule has 2 atom stereocenters. The first-order valence-electron chi connectivity index (χ1n) is 13.9. The Hall–Kier alpha value is -1.26. The molecule has 0 aromatic heterocycles. The summed E-state index contributed by atoms with van der Waals surface area (Å²) in [5.41, 5.74) is 1.34. The van der Waals surface area contributed by atoms with E-state index in [0.29, 0.717) is 23.6 Å². The molecule has 0 saturated heterocycles. The summed E-state index contributed by atoms with van der Waals surface area (Å²) in [4.78, 5) is 4.99. The van der Waals surface area contributed by atoms with E-state index in [9.17, 15) is 10.2 Å². The third-order valence-electron chi connectivity index (χ3n) is 8.29. The molecule has 1 rings (SSSR count). The van der Waals surface area contributed by atoms with Crippen molar-refractivity contribution in [3.8, 4) is 11.5 Å². The van der Waals surface area contributed by atoms with Crippen molar-refractivity contribution >= 4 is 0 Å². The van der Waals surface area contributed by atoms with Crippen LogP contribution < -0.4 is 0 Å². The summed E-state index contributed by atoms with van der Waals surface area (Å²) in [5.74, 6) is 0.637. The Morgan fingerprint density at radius 1 is 0.647 bits per heavy atom. The van der Waals surface area contributed by atoms with E-state index in [1.54, 1.807) is 0 Å². The monoisotopic (exact) mass is 476 g/mol. The fourth-order valence-electron chi connectivity index (χ4n) is 5.67. The minimum Gasteiger partial charge on any atom is -0.508 e. The van der Waals surface area contributed by atoms with Gasteiger partial charge in [-0.1, -0.05) is 68.2 Å². The summed E-state index contributed by atoms with van der Waals surface area (Å²) in [6.07, 6.45) is 6.46. The minimum atomic E-state index is -0.188. The van der Waals surface area contributed by atoms with Crippen LogP contribution in [0.5, 0.6) is 11.5 Å². The molecule has 0 aliphatic rings. The van der Waals surface area contributed by atoms with E-state index in [1.807, 2.05) is 12.1 Å². The molecular formula is C30H56N2O2. The van der Waals surface area contributed by atoms with Gasteiger partial charge in [-0.05, 0) is 88.7 Å².